The Labute approximate surface area is 162 Å². The zero-order valence-corrected chi connectivity index (χ0v) is 15.8. The van der Waals surface area contributed by atoms with E-state index in [4.69, 9.17) is 0 Å². The number of rotatable bonds is 6. The molecule has 1 aliphatic heterocycles. The van der Waals surface area contributed by atoms with Crippen LogP contribution in [0.15, 0.2) is 24.3 Å². The van der Waals surface area contributed by atoms with Crippen LogP contribution in [0.1, 0.15) is 23.2 Å². The highest BCUT2D eigenvalue weighted by Gasteiger charge is 2.44. The fourth-order valence-electron chi connectivity index (χ4n) is 3.41. The summed E-state index contributed by atoms with van der Waals surface area (Å²) < 4.78 is 40.5. The number of benzene rings is 1. The Bertz CT molecular complexity index is 715. The summed E-state index contributed by atoms with van der Waals surface area (Å²) in [6.45, 7) is 0.982. The summed E-state index contributed by atoms with van der Waals surface area (Å²) in [5, 5.41) is 5.45. The van der Waals surface area contributed by atoms with Crippen molar-refractivity contribution in [1.29, 1.82) is 0 Å². The van der Waals surface area contributed by atoms with E-state index in [1.807, 2.05) is 0 Å². The number of para-hydroxylation sites is 1. The van der Waals surface area contributed by atoms with Crippen LogP contribution in [-0.4, -0.2) is 68.7 Å². The maximum Gasteiger partial charge on any atom is 0.405 e. The van der Waals surface area contributed by atoms with Gasteiger partial charge in [0.05, 0.1) is 11.3 Å². The molecule has 2 fully saturated rings. The summed E-state index contributed by atoms with van der Waals surface area (Å²) in [7, 11) is 1.59. The molecular formula is C19H25F3N4O2. The van der Waals surface area contributed by atoms with Gasteiger partial charge in [-0.15, -0.1) is 0 Å². The highest BCUT2D eigenvalue weighted by molar-refractivity contribution is 6.05. The van der Waals surface area contributed by atoms with E-state index in [0.717, 1.165) is 12.8 Å². The fraction of sp³-hybridized carbons (Fsp3) is 0.579. The van der Waals surface area contributed by atoms with E-state index in [1.165, 1.54) is 15.9 Å². The van der Waals surface area contributed by atoms with Gasteiger partial charge in [0, 0.05) is 45.7 Å². The third-order valence-corrected chi connectivity index (χ3v) is 5.19. The smallest absolute Gasteiger partial charge is 0.350 e. The highest BCUT2D eigenvalue weighted by Crippen LogP contribution is 2.33. The number of carbonyl (C=O) groups is 2. The first-order valence-corrected chi connectivity index (χ1v) is 9.45. The number of alkyl halides is 3. The molecule has 154 valence electrons. The van der Waals surface area contributed by atoms with Crippen LogP contribution >= 0.6 is 0 Å². The van der Waals surface area contributed by atoms with Gasteiger partial charge in [0.2, 0.25) is 5.91 Å². The van der Waals surface area contributed by atoms with Crippen molar-refractivity contribution in [2.75, 3.05) is 44.7 Å². The summed E-state index contributed by atoms with van der Waals surface area (Å²) >= 11 is 0. The highest BCUT2D eigenvalue weighted by atomic mass is 19.4. The van der Waals surface area contributed by atoms with Crippen molar-refractivity contribution in [3.8, 4) is 0 Å². The van der Waals surface area contributed by atoms with E-state index in [9.17, 15) is 22.8 Å². The van der Waals surface area contributed by atoms with E-state index < -0.39 is 24.7 Å². The lowest BCUT2D eigenvalue weighted by molar-refractivity contribution is -0.183. The van der Waals surface area contributed by atoms with E-state index >= 15 is 0 Å². The molecule has 0 radical (unpaired) electrons. The molecule has 1 aliphatic carbocycles. The predicted octanol–water partition coefficient (Wildman–Crippen LogP) is 1.63. The number of nitrogens with zero attached hydrogens (tertiary/aromatic N) is 2. The number of anilines is 1. The molecule has 3 rings (SSSR count). The topological polar surface area (TPSA) is 64.7 Å². The van der Waals surface area contributed by atoms with Crippen LogP contribution in [0.5, 0.6) is 0 Å². The standard InChI is InChI=1S/C19H25F3N4O2/c1-25(18(28)13-6-7-13)15-5-3-2-4-14(15)17(27)24-12-16(19(20,21)22)26-10-8-23-9-11-26/h2-5,13,16,23H,6-12H2,1H3,(H,24,27). The van der Waals surface area contributed by atoms with Gasteiger partial charge < -0.3 is 15.5 Å². The number of halogens is 3. The predicted molar refractivity (Wildman–Crippen MR) is 99.2 cm³/mol. The molecule has 0 bridgehead atoms. The normalized spacial score (nSPS) is 19.1. The summed E-state index contributed by atoms with van der Waals surface area (Å²) in [6, 6.07) is 4.74. The van der Waals surface area contributed by atoms with Crippen molar-refractivity contribution in [3.63, 3.8) is 0 Å². The molecule has 1 aromatic rings. The van der Waals surface area contributed by atoms with Crippen LogP contribution in [0.3, 0.4) is 0 Å². The minimum atomic E-state index is -4.44. The van der Waals surface area contributed by atoms with Crippen molar-refractivity contribution in [1.82, 2.24) is 15.5 Å². The quantitative estimate of drug-likeness (QED) is 0.765. The van der Waals surface area contributed by atoms with Gasteiger partial charge >= 0.3 is 6.18 Å². The number of piperazine rings is 1. The molecule has 9 heteroatoms. The summed E-state index contributed by atoms with van der Waals surface area (Å²) in [4.78, 5) is 27.7. The number of carbonyl (C=O) groups excluding carboxylic acids is 2. The summed E-state index contributed by atoms with van der Waals surface area (Å²) in [5.41, 5.74) is 0.600. The largest absolute Gasteiger partial charge is 0.405 e. The summed E-state index contributed by atoms with van der Waals surface area (Å²) in [5.74, 6) is -0.715. The van der Waals surface area contributed by atoms with Crippen molar-refractivity contribution < 1.29 is 22.8 Å². The molecule has 28 heavy (non-hydrogen) atoms. The van der Waals surface area contributed by atoms with Gasteiger partial charge in [0.25, 0.3) is 5.91 Å². The van der Waals surface area contributed by atoms with E-state index in [-0.39, 0.29) is 30.5 Å². The second-order valence-corrected chi connectivity index (χ2v) is 7.24. The molecule has 6 nitrogen and oxygen atoms in total. The number of hydrogen-bond donors (Lipinski definition) is 2. The van der Waals surface area contributed by atoms with Gasteiger partial charge in [0.15, 0.2) is 0 Å². The molecule has 1 heterocycles. The number of hydrogen-bond acceptors (Lipinski definition) is 4. The zero-order valence-electron chi connectivity index (χ0n) is 15.8. The first-order valence-electron chi connectivity index (χ1n) is 9.45. The SMILES string of the molecule is CN(C(=O)C1CC1)c1ccccc1C(=O)NCC(N1CCNCC1)C(F)(F)F. The lowest BCUT2D eigenvalue weighted by atomic mass is 10.1. The molecule has 1 aromatic carbocycles. The second kappa shape index (κ2) is 8.48. The average Bonchev–Trinajstić information content (AvgIpc) is 3.52. The zero-order chi connectivity index (χ0) is 20.3. The first kappa shape index (κ1) is 20.6. The van der Waals surface area contributed by atoms with Crippen LogP contribution in [0.25, 0.3) is 0 Å². The molecule has 2 amide bonds. The van der Waals surface area contributed by atoms with Crippen molar-refractivity contribution in [2.45, 2.75) is 25.1 Å². The minimum absolute atomic E-state index is 0.0246. The second-order valence-electron chi connectivity index (χ2n) is 7.24. The van der Waals surface area contributed by atoms with E-state index in [1.54, 1.807) is 25.2 Å². The van der Waals surface area contributed by atoms with Crippen LogP contribution in [-0.2, 0) is 4.79 Å². The average molecular weight is 398 g/mol. The molecule has 1 unspecified atom stereocenters. The van der Waals surface area contributed by atoms with Gasteiger partial charge in [-0.25, -0.2) is 0 Å². The first-order chi connectivity index (χ1) is 13.3. The lowest BCUT2D eigenvalue weighted by Crippen LogP contribution is -2.57. The Kier molecular flexibility index (Phi) is 6.24. The molecule has 2 aliphatic rings. The Hall–Kier alpha value is -2.13. The van der Waals surface area contributed by atoms with Crippen molar-refractivity contribution in [2.24, 2.45) is 5.92 Å². The third kappa shape index (κ3) is 4.82. The minimum Gasteiger partial charge on any atom is -0.350 e. The maximum absolute atomic E-state index is 13.5. The van der Waals surface area contributed by atoms with Crippen molar-refractivity contribution in [3.05, 3.63) is 29.8 Å². The monoisotopic (exact) mass is 398 g/mol. The Morgan fingerprint density at radius 1 is 1.25 bits per heavy atom. The fourth-order valence-corrected chi connectivity index (χ4v) is 3.41. The van der Waals surface area contributed by atoms with Crippen LogP contribution < -0.4 is 15.5 Å². The third-order valence-electron chi connectivity index (χ3n) is 5.19. The van der Waals surface area contributed by atoms with Crippen molar-refractivity contribution >= 4 is 17.5 Å². The van der Waals surface area contributed by atoms with Crippen LogP contribution in [0.2, 0.25) is 0 Å². The lowest BCUT2D eigenvalue weighted by Gasteiger charge is -2.36. The Morgan fingerprint density at radius 3 is 2.50 bits per heavy atom. The molecule has 1 atom stereocenters. The van der Waals surface area contributed by atoms with Gasteiger partial charge in [-0.1, -0.05) is 12.1 Å². The van der Waals surface area contributed by atoms with E-state index in [0.29, 0.717) is 18.8 Å². The molecule has 1 saturated heterocycles. The Morgan fingerprint density at radius 2 is 1.89 bits per heavy atom. The van der Waals surface area contributed by atoms with Crippen LogP contribution in [0.4, 0.5) is 18.9 Å². The Balaban J connectivity index is 1.70. The van der Waals surface area contributed by atoms with Gasteiger partial charge in [-0.3, -0.25) is 14.5 Å². The van der Waals surface area contributed by atoms with Crippen LogP contribution in [0, 0.1) is 5.92 Å². The van der Waals surface area contributed by atoms with Gasteiger partial charge in [0.1, 0.15) is 6.04 Å². The molecule has 0 spiro atoms. The molecule has 0 aromatic heterocycles. The number of nitrogens with one attached hydrogen (secondary N) is 2. The van der Waals surface area contributed by atoms with E-state index in [2.05, 4.69) is 10.6 Å². The maximum atomic E-state index is 13.5. The van der Waals surface area contributed by atoms with Gasteiger partial charge in [-0.05, 0) is 25.0 Å². The number of amides is 2. The molecule has 1 saturated carbocycles. The van der Waals surface area contributed by atoms with Gasteiger partial charge in [-0.2, -0.15) is 13.2 Å². The molecule has 2 N–H and O–H groups in total. The molecular weight excluding hydrogens is 373 g/mol. The summed E-state index contributed by atoms with van der Waals surface area (Å²) in [6.07, 6.45) is -2.78.